The van der Waals surface area contributed by atoms with Gasteiger partial charge in [0.15, 0.2) is 12.0 Å². The largest absolute Gasteiger partial charge is 0.364 e. The second kappa shape index (κ2) is 4.66. The van der Waals surface area contributed by atoms with Gasteiger partial charge in [0.05, 0.1) is 0 Å². The van der Waals surface area contributed by atoms with Crippen LogP contribution < -0.4 is 10.3 Å². The summed E-state index contributed by atoms with van der Waals surface area (Å²) in [5, 5.41) is 0. The smallest absolute Gasteiger partial charge is 0.283 e. The van der Waals surface area contributed by atoms with Crippen molar-refractivity contribution in [3.05, 3.63) is 30.3 Å². The molecule has 1 amide bonds. The van der Waals surface area contributed by atoms with E-state index in [1.807, 2.05) is 0 Å². The van der Waals surface area contributed by atoms with Gasteiger partial charge in [-0.2, -0.15) is 4.57 Å². The number of carbonyl (C=O) groups excluding carboxylic acids is 1. The molecule has 0 radical (unpaired) electrons. The number of halogens is 2. The Morgan fingerprint density at radius 2 is 2.33 bits per heavy atom. The first-order chi connectivity index (χ1) is 5.18. The van der Waals surface area contributed by atoms with E-state index < -0.39 is 5.91 Å². The van der Waals surface area contributed by atoms with Crippen molar-refractivity contribution in [2.45, 2.75) is 6.54 Å². The van der Waals surface area contributed by atoms with Gasteiger partial charge in [0.25, 0.3) is 5.91 Å². The zero-order chi connectivity index (χ0) is 8.27. The normalized spacial score (nSPS) is 8.75. The summed E-state index contributed by atoms with van der Waals surface area (Å²) in [6, 6.07) is 2.82. The van der Waals surface area contributed by atoms with E-state index in [9.17, 15) is 9.18 Å². The molecule has 1 aromatic rings. The number of nitrogens with two attached hydrogens (primary N) is 1. The van der Waals surface area contributed by atoms with Gasteiger partial charge < -0.3 is 5.73 Å². The first-order valence-electron chi connectivity index (χ1n) is 3.11. The highest BCUT2D eigenvalue weighted by Crippen LogP contribution is 1.88. The lowest BCUT2D eigenvalue weighted by Gasteiger charge is -1.90. The fraction of sp³-hybridized carbons (Fsp3) is 0.143. The Morgan fingerprint density at radius 1 is 1.67 bits per heavy atom. The number of rotatable bonds is 2. The van der Waals surface area contributed by atoms with E-state index in [0.29, 0.717) is 0 Å². The number of hydrogen-bond donors (Lipinski definition) is 1. The van der Waals surface area contributed by atoms with Gasteiger partial charge in [-0.3, -0.25) is 4.79 Å². The third kappa shape index (κ3) is 3.30. The number of amides is 1. The number of carbonyl (C=O) groups is 1. The first kappa shape index (κ1) is 10.8. The van der Waals surface area contributed by atoms with Crippen LogP contribution in [0.5, 0.6) is 0 Å². The topological polar surface area (TPSA) is 47.0 Å². The molecular formula is C7H9ClFN2O+. The maximum absolute atomic E-state index is 12.4. The molecular weight excluding hydrogens is 183 g/mol. The standard InChI is InChI=1S/C7H7FN2O.ClH/c8-6-2-1-3-10(4-6)5-7(9)11;/h1-4H,5H2,(H-,9,11);1H/p+1. The quantitative estimate of drug-likeness (QED) is 0.659. The molecule has 1 rings (SSSR count). The lowest BCUT2D eigenvalue weighted by atomic mass is 10.4. The van der Waals surface area contributed by atoms with Gasteiger partial charge in [0.2, 0.25) is 12.7 Å². The summed E-state index contributed by atoms with van der Waals surface area (Å²) < 4.78 is 13.8. The van der Waals surface area contributed by atoms with Gasteiger partial charge in [-0.1, -0.05) is 0 Å². The zero-order valence-electron chi connectivity index (χ0n) is 6.24. The van der Waals surface area contributed by atoms with Crippen LogP contribution in [0.4, 0.5) is 4.39 Å². The minimum absolute atomic E-state index is 0. The molecule has 3 nitrogen and oxygen atoms in total. The molecule has 0 saturated carbocycles. The molecule has 5 heteroatoms. The number of nitrogens with zero attached hydrogens (tertiary/aromatic N) is 1. The van der Waals surface area contributed by atoms with E-state index in [4.69, 9.17) is 5.73 Å². The average Bonchev–Trinajstić information content (AvgIpc) is 1.85. The van der Waals surface area contributed by atoms with Gasteiger partial charge in [-0.15, -0.1) is 12.4 Å². The first-order valence-corrected chi connectivity index (χ1v) is 3.11. The lowest BCUT2D eigenvalue weighted by Crippen LogP contribution is -2.40. The number of primary amides is 1. The average molecular weight is 192 g/mol. The summed E-state index contributed by atoms with van der Waals surface area (Å²) >= 11 is 0. The molecule has 0 atom stereocenters. The number of hydrogen-bond acceptors (Lipinski definition) is 1. The van der Waals surface area contributed by atoms with Crippen molar-refractivity contribution in [2.24, 2.45) is 5.73 Å². The van der Waals surface area contributed by atoms with Crippen LogP contribution in [0, 0.1) is 5.82 Å². The van der Waals surface area contributed by atoms with Gasteiger partial charge in [-0.05, 0) is 6.07 Å². The van der Waals surface area contributed by atoms with E-state index in [0.717, 1.165) is 0 Å². The summed E-state index contributed by atoms with van der Waals surface area (Å²) in [6.45, 7) is 0.0117. The Bertz CT molecular complexity index is 280. The van der Waals surface area contributed by atoms with Crippen LogP contribution in [0.25, 0.3) is 0 Å². The predicted octanol–water partition coefficient (Wildman–Crippen LogP) is 0.0203. The van der Waals surface area contributed by atoms with Crippen molar-refractivity contribution < 1.29 is 13.8 Å². The second-order valence-electron chi connectivity index (χ2n) is 2.16. The van der Waals surface area contributed by atoms with Crippen LogP contribution in [-0.4, -0.2) is 5.91 Å². The third-order valence-corrected chi connectivity index (χ3v) is 1.16. The highest BCUT2D eigenvalue weighted by Gasteiger charge is 2.04. The summed E-state index contributed by atoms with van der Waals surface area (Å²) in [5.74, 6) is -0.866. The van der Waals surface area contributed by atoms with Crippen LogP contribution in [-0.2, 0) is 11.3 Å². The van der Waals surface area contributed by atoms with Gasteiger partial charge in [-0.25, -0.2) is 4.39 Å². The minimum atomic E-state index is -0.486. The SMILES string of the molecule is Cl.NC(=O)C[n+]1cccc(F)c1. The lowest BCUT2D eigenvalue weighted by molar-refractivity contribution is -0.685. The molecule has 0 aromatic carbocycles. The minimum Gasteiger partial charge on any atom is -0.364 e. The Morgan fingerprint density at radius 3 is 2.83 bits per heavy atom. The summed E-state index contributed by atoms with van der Waals surface area (Å²) in [7, 11) is 0. The van der Waals surface area contributed by atoms with E-state index in [1.165, 1.54) is 22.9 Å². The summed E-state index contributed by atoms with van der Waals surface area (Å²) in [4.78, 5) is 10.4. The monoisotopic (exact) mass is 191 g/mol. The number of aromatic nitrogens is 1. The molecule has 2 N–H and O–H groups in total. The highest BCUT2D eigenvalue weighted by molar-refractivity contribution is 5.85. The van der Waals surface area contributed by atoms with Crippen LogP contribution in [0.3, 0.4) is 0 Å². The van der Waals surface area contributed by atoms with Crippen molar-refractivity contribution in [1.29, 1.82) is 0 Å². The molecule has 0 aliphatic carbocycles. The van der Waals surface area contributed by atoms with Gasteiger partial charge in [0, 0.05) is 6.07 Å². The third-order valence-electron chi connectivity index (χ3n) is 1.16. The molecule has 0 aliphatic heterocycles. The maximum atomic E-state index is 12.4. The molecule has 0 bridgehead atoms. The van der Waals surface area contributed by atoms with Crippen LogP contribution >= 0.6 is 12.4 Å². The molecule has 0 fully saturated rings. The van der Waals surface area contributed by atoms with Crippen molar-refractivity contribution in [3.63, 3.8) is 0 Å². The van der Waals surface area contributed by atoms with Crippen molar-refractivity contribution >= 4 is 18.3 Å². The van der Waals surface area contributed by atoms with Crippen LogP contribution in [0.15, 0.2) is 24.5 Å². The van der Waals surface area contributed by atoms with Crippen LogP contribution in [0.1, 0.15) is 0 Å². The molecule has 1 aromatic heterocycles. The number of pyridine rings is 1. The van der Waals surface area contributed by atoms with E-state index in [2.05, 4.69) is 0 Å². The molecule has 12 heavy (non-hydrogen) atoms. The summed E-state index contributed by atoms with van der Waals surface area (Å²) in [5.41, 5.74) is 4.89. The maximum Gasteiger partial charge on any atom is 0.283 e. The fourth-order valence-electron chi connectivity index (χ4n) is 0.768. The fourth-order valence-corrected chi connectivity index (χ4v) is 0.768. The molecule has 0 spiro atoms. The van der Waals surface area contributed by atoms with E-state index in [1.54, 1.807) is 6.20 Å². The Labute approximate surface area is 75.4 Å². The van der Waals surface area contributed by atoms with Crippen molar-refractivity contribution in [1.82, 2.24) is 0 Å². The Hall–Kier alpha value is -1.16. The zero-order valence-corrected chi connectivity index (χ0v) is 7.05. The molecule has 1 heterocycles. The van der Waals surface area contributed by atoms with Gasteiger partial charge >= 0.3 is 0 Å². The Balaban J connectivity index is 0.00000121. The molecule has 0 saturated heterocycles. The molecule has 0 aliphatic rings. The predicted molar refractivity (Wildman–Crippen MR) is 43.0 cm³/mol. The highest BCUT2D eigenvalue weighted by atomic mass is 35.5. The molecule has 66 valence electrons. The van der Waals surface area contributed by atoms with Crippen LogP contribution in [0.2, 0.25) is 0 Å². The van der Waals surface area contributed by atoms with Crippen molar-refractivity contribution in [3.8, 4) is 0 Å². The second-order valence-corrected chi connectivity index (χ2v) is 2.16. The van der Waals surface area contributed by atoms with Crippen molar-refractivity contribution in [2.75, 3.05) is 0 Å². The van der Waals surface area contributed by atoms with E-state index >= 15 is 0 Å². The van der Waals surface area contributed by atoms with E-state index in [-0.39, 0.29) is 24.8 Å². The Kier molecular flexibility index (Phi) is 4.21. The molecule has 0 unspecified atom stereocenters. The van der Waals surface area contributed by atoms with Gasteiger partial charge in [0.1, 0.15) is 0 Å². The summed E-state index contributed by atoms with van der Waals surface area (Å²) in [6.07, 6.45) is 2.79.